The van der Waals surface area contributed by atoms with E-state index in [1.807, 2.05) is 0 Å². The number of hydrogen-bond acceptors (Lipinski definition) is 4. The number of nitrogen functional groups attached to an aromatic ring is 4. The third kappa shape index (κ3) is 7.99. The summed E-state index contributed by atoms with van der Waals surface area (Å²) in [5.41, 5.74) is 40.1. The molecule has 3 aromatic carbocycles. The number of rotatable bonds is 9. The molecule has 0 saturated carbocycles. The predicted octanol–water partition coefficient (Wildman–Crippen LogP) is 9.47. The Morgan fingerprint density at radius 1 is 0.439 bits per heavy atom. The molecule has 0 bridgehead atoms. The van der Waals surface area contributed by atoms with E-state index in [1.54, 1.807) is 0 Å². The molecule has 0 saturated heterocycles. The molecule has 0 amide bonds. The Morgan fingerprint density at radius 2 is 0.732 bits per heavy atom. The molecule has 0 aromatic heterocycles. The van der Waals surface area contributed by atoms with Gasteiger partial charge in [-0.1, -0.05) is 106 Å². The SMILES string of the molecule is CC(C)c1cc(Cc2cc(C(C)C)c(N)c(C(C)C)c2)cc(C(C)C)c1N.CCc1cc(CC)c(N)c(CC)c1N. The maximum Gasteiger partial charge on any atom is 0.0399 e. The summed E-state index contributed by atoms with van der Waals surface area (Å²) in [5.74, 6) is 1.69. The van der Waals surface area contributed by atoms with Crippen molar-refractivity contribution >= 4 is 22.7 Å². The molecule has 8 N–H and O–H groups in total. The van der Waals surface area contributed by atoms with Gasteiger partial charge in [0.25, 0.3) is 0 Å². The smallest absolute Gasteiger partial charge is 0.0399 e. The molecule has 41 heavy (non-hydrogen) atoms. The molecule has 0 fully saturated rings. The van der Waals surface area contributed by atoms with Crippen molar-refractivity contribution in [3.63, 3.8) is 0 Å². The first-order valence-corrected chi connectivity index (χ1v) is 15.7. The van der Waals surface area contributed by atoms with Crippen LogP contribution in [0.25, 0.3) is 0 Å². The first-order valence-electron chi connectivity index (χ1n) is 15.7. The lowest BCUT2D eigenvalue weighted by Gasteiger charge is -2.21. The zero-order valence-corrected chi connectivity index (χ0v) is 27.8. The summed E-state index contributed by atoms with van der Waals surface area (Å²) < 4.78 is 0. The Morgan fingerprint density at radius 3 is 0.951 bits per heavy atom. The van der Waals surface area contributed by atoms with E-state index in [-0.39, 0.29) is 0 Å². The molecular weight excluding hydrogens is 500 g/mol. The maximum atomic E-state index is 6.48. The van der Waals surface area contributed by atoms with Crippen LogP contribution in [0.1, 0.15) is 150 Å². The largest absolute Gasteiger partial charge is 0.398 e. The standard InChI is InChI=1S/C25H38N2.C12H20N2/c1-14(2)20-10-18(11-21(15(3)4)24(20)26)9-19-12-22(16(5)6)25(27)23(13-19)17(7)8;1-4-8-7-9(5-2)12(14)10(6-3)11(8)13/h10-17H,9,26-27H2,1-8H3;7H,4-6,13-14H2,1-3H3. The van der Waals surface area contributed by atoms with Crippen LogP contribution in [0, 0.1) is 0 Å². The van der Waals surface area contributed by atoms with Crippen molar-refractivity contribution in [2.45, 2.75) is 126 Å². The van der Waals surface area contributed by atoms with Crippen molar-refractivity contribution in [1.29, 1.82) is 0 Å². The minimum atomic E-state index is 0.423. The fourth-order valence-corrected chi connectivity index (χ4v) is 5.74. The molecule has 4 heteroatoms. The molecule has 0 aliphatic rings. The summed E-state index contributed by atoms with van der Waals surface area (Å²) in [4.78, 5) is 0. The molecule has 0 aliphatic carbocycles. The van der Waals surface area contributed by atoms with E-state index in [2.05, 4.69) is 106 Å². The molecule has 3 rings (SSSR count). The van der Waals surface area contributed by atoms with Crippen molar-refractivity contribution in [3.8, 4) is 0 Å². The first-order chi connectivity index (χ1) is 19.2. The maximum absolute atomic E-state index is 6.48. The topological polar surface area (TPSA) is 104 Å². The molecule has 3 aromatic rings. The minimum Gasteiger partial charge on any atom is -0.398 e. The summed E-state index contributed by atoms with van der Waals surface area (Å²) in [6.07, 6.45) is 3.79. The summed E-state index contributed by atoms with van der Waals surface area (Å²) >= 11 is 0. The van der Waals surface area contributed by atoms with Gasteiger partial charge in [-0.05, 0) is 99.4 Å². The van der Waals surface area contributed by atoms with Crippen LogP contribution in [-0.2, 0) is 25.7 Å². The average Bonchev–Trinajstić information content (AvgIpc) is 2.90. The summed E-state index contributed by atoms with van der Waals surface area (Å²) in [5, 5.41) is 0. The fraction of sp³-hybridized carbons (Fsp3) is 0.514. The molecule has 226 valence electrons. The van der Waals surface area contributed by atoms with Crippen molar-refractivity contribution in [3.05, 3.63) is 80.4 Å². The van der Waals surface area contributed by atoms with E-state index < -0.39 is 0 Å². The zero-order chi connectivity index (χ0) is 31.2. The quantitative estimate of drug-likeness (QED) is 0.196. The highest BCUT2D eigenvalue weighted by molar-refractivity contribution is 5.69. The van der Waals surface area contributed by atoms with Gasteiger partial charge in [0.15, 0.2) is 0 Å². The van der Waals surface area contributed by atoms with Crippen LogP contribution in [0.4, 0.5) is 22.7 Å². The Balaban J connectivity index is 0.000000353. The van der Waals surface area contributed by atoms with Gasteiger partial charge in [-0.3, -0.25) is 0 Å². The van der Waals surface area contributed by atoms with Gasteiger partial charge in [0.05, 0.1) is 0 Å². The highest BCUT2D eigenvalue weighted by atomic mass is 14.6. The van der Waals surface area contributed by atoms with E-state index >= 15 is 0 Å². The predicted molar refractivity (Wildman–Crippen MR) is 184 cm³/mol. The molecule has 0 unspecified atom stereocenters. The normalized spacial score (nSPS) is 11.5. The Bertz CT molecular complexity index is 1160. The second-order valence-corrected chi connectivity index (χ2v) is 12.7. The lowest BCUT2D eigenvalue weighted by Crippen LogP contribution is -2.07. The van der Waals surface area contributed by atoms with Gasteiger partial charge in [0.2, 0.25) is 0 Å². The molecular formula is C37H58N4. The van der Waals surface area contributed by atoms with Crippen LogP contribution >= 0.6 is 0 Å². The van der Waals surface area contributed by atoms with E-state index in [9.17, 15) is 0 Å². The van der Waals surface area contributed by atoms with E-state index in [1.165, 1.54) is 44.5 Å². The van der Waals surface area contributed by atoms with Crippen LogP contribution in [-0.4, -0.2) is 0 Å². The van der Waals surface area contributed by atoms with Crippen LogP contribution in [0.15, 0.2) is 30.3 Å². The Kier molecular flexibility index (Phi) is 12.2. The van der Waals surface area contributed by atoms with Crippen LogP contribution < -0.4 is 22.9 Å². The van der Waals surface area contributed by atoms with Gasteiger partial charge in [0.1, 0.15) is 0 Å². The minimum absolute atomic E-state index is 0.423. The second-order valence-electron chi connectivity index (χ2n) is 12.7. The van der Waals surface area contributed by atoms with E-state index in [0.29, 0.717) is 23.7 Å². The van der Waals surface area contributed by atoms with Crippen LogP contribution in [0.5, 0.6) is 0 Å². The summed E-state index contributed by atoms with van der Waals surface area (Å²) in [6.45, 7) is 24.1. The van der Waals surface area contributed by atoms with Crippen molar-refractivity contribution in [1.82, 2.24) is 0 Å². The molecule has 0 heterocycles. The third-order valence-electron chi connectivity index (χ3n) is 8.31. The highest BCUT2D eigenvalue weighted by Crippen LogP contribution is 2.35. The van der Waals surface area contributed by atoms with E-state index in [4.69, 9.17) is 22.9 Å². The van der Waals surface area contributed by atoms with Gasteiger partial charge in [-0.15, -0.1) is 0 Å². The highest BCUT2D eigenvalue weighted by Gasteiger charge is 2.17. The third-order valence-corrected chi connectivity index (χ3v) is 8.31. The average molecular weight is 559 g/mol. The monoisotopic (exact) mass is 558 g/mol. The van der Waals surface area contributed by atoms with Gasteiger partial charge >= 0.3 is 0 Å². The summed E-state index contributed by atoms with van der Waals surface area (Å²) in [7, 11) is 0. The van der Waals surface area contributed by atoms with Gasteiger partial charge in [-0.25, -0.2) is 0 Å². The number of anilines is 4. The van der Waals surface area contributed by atoms with Gasteiger partial charge < -0.3 is 22.9 Å². The number of aryl methyl sites for hydroxylation is 2. The first kappa shape index (κ1) is 34.1. The van der Waals surface area contributed by atoms with Crippen molar-refractivity contribution < 1.29 is 0 Å². The number of nitrogens with two attached hydrogens (primary N) is 4. The molecule has 0 atom stereocenters. The Hall–Kier alpha value is -3.14. The van der Waals surface area contributed by atoms with Gasteiger partial charge in [-0.2, -0.15) is 0 Å². The zero-order valence-electron chi connectivity index (χ0n) is 27.8. The van der Waals surface area contributed by atoms with Crippen molar-refractivity contribution in [2.24, 2.45) is 0 Å². The lowest BCUT2D eigenvalue weighted by atomic mass is 9.86. The Labute approximate surface area is 251 Å². The molecule has 0 spiro atoms. The number of benzene rings is 3. The molecule has 4 nitrogen and oxygen atoms in total. The van der Waals surface area contributed by atoms with Crippen LogP contribution in [0.2, 0.25) is 0 Å². The van der Waals surface area contributed by atoms with Gasteiger partial charge in [0, 0.05) is 22.7 Å². The lowest BCUT2D eigenvalue weighted by molar-refractivity contribution is 0.829. The molecule has 0 aliphatic heterocycles. The van der Waals surface area contributed by atoms with E-state index in [0.717, 1.165) is 54.0 Å². The summed E-state index contributed by atoms with van der Waals surface area (Å²) in [6, 6.07) is 11.3. The van der Waals surface area contributed by atoms with Crippen LogP contribution in [0.3, 0.4) is 0 Å². The second kappa shape index (κ2) is 14.7. The molecule has 0 radical (unpaired) electrons. The fourth-order valence-electron chi connectivity index (χ4n) is 5.74. The number of hydrogen-bond donors (Lipinski definition) is 4. The van der Waals surface area contributed by atoms with Crippen molar-refractivity contribution in [2.75, 3.05) is 22.9 Å².